The molecule has 0 saturated carbocycles. The molecule has 0 aromatic carbocycles. The maximum atomic E-state index is 11.2. The number of unbranched alkanes of at least 4 members (excludes halogenated alkanes) is 2. The van der Waals surface area contributed by atoms with E-state index in [4.69, 9.17) is 10.8 Å². The highest BCUT2D eigenvalue weighted by molar-refractivity contribution is 5.84. The van der Waals surface area contributed by atoms with Gasteiger partial charge in [-0.3, -0.25) is 4.79 Å². The highest BCUT2D eigenvalue weighted by Crippen LogP contribution is 2.23. The second-order valence-electron chi connectivity index (χ2n) is 4.43. The molecule has 0 radical (unpaired) electrons. The average molecular weight is 265 g/mol. The average Bonchev–Trinajstić information content (AvgIpc) is 2.35. The summed E-state index contributed by atoms with van der Waals surface area (Å²) in [6.45, 7) is 1.12. The smallest absolute Gasteiger partial charge is 0.252 e. The zero-order valence-corrected chi connectivity index (χ0v) is 10.5. The highest BCUT2D eigenvalue weighted by Gasteiger charge is 2.46. The molecule has 0 saturated heterocycles. The molecule has 0 spiro atoms. The third-order valence-corrected chi connectivity index (χ3v) is 2.98. The summed E-state index contributed by atoms with van der Waals surface area (Å²) in [6, 6.07) is 0. The summed E-state index contributed by atoms with van der Waals surface area (Å²) in [7, 11) is 0. The van der Waals surface area contributed by atoms with E-state index in [0.717, 1.165) is 12.8 Å². The van der Waals surface area contributed by atoms with Crippen LogP contribution in [0.2, 0.25) is 0 Å². The van der Waals surface area contributed by atoms with Crippen molar-refractivity contribution >= 4 is 5.91 Å². The highest BCUT2D eigenvalue weighted by atomic mass is 16.4. The Morgan fingerprint density at radius 2 is 1.83 bits per heavy atom. The van der Waals surface area contributed by atoms with Crippen LogP contribution in [0.25, 0.3) is 0 Å². The molecule has 4 atom stereocenters. The van der Waals surface area contributed by atoms with Crippen molar-refractivity contribution in [1.82, 2.24) is 0 Å². The molecule has 0 aliphatic carbocycles. The van der Waals surface area contributed by atoms with E-state index in [1.165, 1.54) is 0 Å². The number of nitrogens with two attached hydrogens (primary N) is 1. The number of hydrogen-bond acceptors (Lipinski definition) is 6. The van der Waals surface area contributed by atoms with Crippen molar-refractivity contribution in [1.29, 1.82) is 0 Å². The number of aliphatic hydroxyl groups is 5. The van der Waals surface area contributed by atoms with Gasteiger partial charge in [0, 0.05) is 0 Å². The number of hydrogen-bond donors (Lipinski definition) is 6. The molecule has 108 valence electrons. The van der Waals surface area contributed by atoms with Gasteiger partial charge >= 0.3 is 0 Å². The Labute approximate surface area is 106 Å². The molecule has 18 heavy (non-hydrogen) atoms. The minimum Gasteiger partial charge on any atom is -0.394 e. The molecule has 0 bridgehead atoms. The van der Waals surface area contributed by atoms with Crippen LogP contribution >= 0.6 is 0 Å². The van der Waals surface area contributed by atoms with Gasteiger partial charge in [0.15, 0.2) is 5.60 Å². The predicted octanol–water partition coefficient (Wildman–Crippen LogP) is -2.14. The molecular weight excluding hydrogens is 242 g/mol. The van der Waals surface area contributed by atoms with Gasteiger partial charge in [-0.05, 0) is 12.8 Å². The molecule has 7 nitrogen and oxygen atoms in total. The summed E-state index contributed by atoms with van der Waals surface area (Å²) in [5, 5.41) is 47.1. The fraction of sp³-hybridized carbons (Fsp3) is 0.909. The first kappa shape index (κ1) is 17.3. The lowest BCUT2D eigenvalue weighted by atomic mass is 9.85. The molecule has 0 fully saturated rings. The molecule has 0 aromatic heterocycles. The van der Waals surface area contributed by atoms with Gasteiger partial charge in [-0.25, -0.2) is 0 Å². The van der Waals surface area contributed by atoms with E-state index in [-0.39, 0.29) is 6.42 Å². The van der Waals surface area contributed by atoms with E-state index in [2.05, 4.69) is 0 Å². The van der Waals surface area contributed by atoms with Crippen molar-refractivity contribution < 1.29 is 30.3 Å². The van der Waals surface area contributed by atoms with Crippen LogP contribution in [0.5, 0.6) is 0 Å². The SMILES string of the molecule is CCCCC[C@](O)(C(N)=O)[C@@H](O)[C@H](O)[C@H](O)CO. The van der Waals surface area contributed by atoms with Crippen LogP contribution < -0.4 is 5.73 Å². The molecule has 7 heteroatoms. The summed E-state index contributed by atoms with van der Waals surface area (Å²) in [6.07, 6.45) is -3.57. The number of amides is 1. The van der Waals surface area contributed by atoms with Crippen LogP contribution in [-0.4, -0.2) is 62.0 Å². The molecule has 0 aliphatic rings. The van der Waals surface area contributed by atoms with Crippen molar-refractivity contribution in [3.05, 3.63) is 0 Å². The largest absolute Gasteiger partial charge is 0.394 e. The molecule has 0 unspecified atom stereocenters. The Morgan fingerprint density at radius 3 is 2.22 bits per heavy atom. The first-order chi connectivity index (χ1) is 8.31. The molecular formula is C11H23NO6. The van der Waals surface area contributed by atoms with Gasteiger partial charge in [0.05, 0.1) is 6.61 Å². The fourth-order valence-corrected chi connectivity index (χ4v) is 1.66. The molecule has 1 amide bonds. The molecule has 0 aromatic rings. The normalized spacial score (nSPS) is 19.9. The van der Waals surface area contributed by atoms with Crippen LogP contribution in [0.15, 0.2) is 0 Å². The first-order valence-electron chi connectivity index (χ1n) is 5.98. The van der Waals surface area contributed by atoms with Crippen molar-refractivity contribution in [2.45, 2.75) is 56.5 Å². The summed E-state index contributed by atoms with van der Waals surface area (Å²) in [5.41, 5.74) is 2.71. The summed E-state index contributed by atoms with van der Waals surface area (Å²) < 4.78 is 0. The van der Waals surface area contributed by atoms with Crippen molar-refractivity contribution in [3.63, 3.8) is 0 Å². The molecule has 0 heterocycles. The lowest BCUT2D eigenvalue weighted by molar-refractivity contribution is -0.175. The lowest BCUT2D eigenvalue weighted by Gasteiger charge is -2.34. The Morgan fingerprint density at radius 1 is 1.28 bits per heavy atom. The minimum atomic E-state index is -2.31. The number of rotatable bonds is 9. The molecule has 0 aliphatic heterocycles. The third-order valence-electron chi connectivity index (χ3n) is 2.98. The topological polar surface area (TPSA) is 144 Å². The van der Waals surface area contributed by atoms with Crippen molar-refractivity contribution in [3.8, 4) is 0 Å². The Bertz CT molecular complexity index is 262. The number of carbonyl (C=O) groups is 1. The third kappa shape index (κ3) is 4.18. The van der Waals surface area contributed by atoms with E-state index in [1.807, 2.05) is 6.92 Å². The van der Waals surface area contributed by atoms with E-state index in [1.54, 1.807) is 0 Å². The van der Waals surface area contributed by atoms with Crippen LogP contribution in [0.3, 0.4) is 0 Å². The standard InChI is InChI=1S/C11H23NO6/c1-2-3-4-5-11(18,10(12)17)9(16)8(15)7(14)6-13/h7-9,13-16,18H,2-6H2,1H3,(H2,12,17)/t7-,8-,9+,11-/m1/s1. The second-order valence-corrected chi connectivity index (χ2v) is 4.43. The number of aliphatic hydroxyl groups excluding tert-OH is 4. The van der Waals surface area contributed by atoms with Crippen LogP contribution in [0, 0.1) is 0 Å². The predicted molar refractivity (Wildman–Crippen MR) is 63.4 cm³/mol. The second kappa shape index (κ2) is 7.65. The van der Waals surface area contributed by atoms with Crippen LogP contribution in [-0.2, 0) is 4.79 Å². The van der Waals surface area contributed by atoms with Gasteiger partial charge in [-0.1, -0.05) is 19.8 Å². The monoisotopic (exact) mass is 265 g/mol. The van der Waals surface area contributed by atoms with Gasteiger partial charge in [0.25, 0.3) is 5.91 Å². The van der Waals surface area contributed by atoms with E-state index in [9.17, 15) is 25.2 Å². The van der Waals surface area contributed by atoms with Gasteiger partial charge in [0.1, 0.15) is 18.3 Å². The minimum absolute atomic E-state index is 0.119. The van der Waals surface area contributed by atoms with Gasteiger partial charge in [-0.15, -0.1) is 0 Å². The van der Waals surface area contributed by atoms with Gasteiger partial charge in [0.2, 0.25) is 0 Å². The van der Waals surface area contributed by atoms with E-state index in [0.29, 0.717) is 6.42 Å². The maximum absolute atomic E-state index is 11.2. The lowest BCUT2D eigenvalue weighted by Crippen LogP contribution is -2.60. The zero-order valence-electron chi connectivity index (χ0n) is 10.5. The Balaban J connectivity index is 4.80. The van der Waals surface area contributed by atoms with Crippen molar-refractivity contribution in [2.24, 2.45) is 5.73 Å². The molecule has 7 N–H and O–H groups in total. The zero-order chi connectivity index (χ0) is 14.3. The van der Waals surface area contributed by atoms with Crippen LogP contribution in [0.1, 0.15) is 32.6 Å². The number of carbonyl (C=O) groups excluding carboxylic acids is 1. The summed E-state index contributed by atoms with van der Waals surface area (Å²) >= 11 is 0. The summed E-state index contributed by atoms with van der Waals surface area (Å²) in [5.74, 6) is -1.17. The summed E-state index contributed by atoms with van der Waals surface area (Å²) in [4.78, 5) is 11.2. The van der Waals surface area contributed by atoms with Crippen molar-refractivity contribution in [2.75, 3.05) is 6.61 Å². The Hall–Kier alpha value is -0.730. The van der Waals surface area contributed by atoms with Gasteiger partial charge in [-0.2, -0.15) is 0 Å². The first-order valence-corrected chi connectivity index (χ1v) is 5.98. The van der Waals surface area contributed by atoms with Crippen LogP contribution in [0.4, 0.5) is 0 Å². The number of primary amides is 1. The van der Waals surface area contributed by atoms with E-state index < -0.39 is 36.4 Å². The fourth-order valence-electron chi connectivity index (χ4n) is 1.66. The quantitative estimate of drug-likeness (QED) is 0.262. The molecule has 0 rings (SSSR count). The Kier molecular flexibility index (Phi) is 7.34. The van der Waals surface area contributed by atoms with E-state index >= 15 is 0 Å². The van der Waals surface area contributed by atoms with Gasteiger partial charge < -0.3 is 31.3 Å². The maximum Gasteiger partial charge on any atom is 0.252 e.